The van der Waals surface area contributed by atoms with Crippen LogP contribution >= 0.6 is 0 Å². The molecular weight excluding hydrogens is 230 g/mol. The van der Waals surface area contributed by atoms with Gasteiger partial charge in [-0.25, -0.2) is 0 Å². The summed E-state index contributed by atoms with van der Waals surface area (Å²) in [5.74, 6) is 0.704. The Morgan fingerprint density at radius 3 is 3.06 bits per heavy atom. The fourth-order valence-corrected chi connectivity index (χ4v) is 1.42. The van der Waals surface area contributed by atoms with Crippen molar-refractivity contribution in [2.75, 3.05) is 20.2 Å². The maximum atomic E-state index is 11.0. The third-order valence-corrected chi connectivity index (χ3v) is 2.34. The summed E-state index contributed by atoms with van der Waals surface area (Å²) >= 11 is 0. The molecule has 1 aromatic rings. The molecule has 1 amide bonds. The highest BCUT2D eigenvalue weighted by Gasteiger charge is 1.99. The smallest absolute Gasteiger partial charge is 0.221 e. The van der Waals surface area contributed by atoms with Gasteiger partial charge in [0.25, 0.3) is 0 Å². The predicted octanol–water partition coefficient (Wildman–Crippen LogP) is 0.815. The van der Waals surface area contributed by atoms with E-state index in [4.69, 9.17) is 10.00 Å². The standard InChI is InChI=1S/C13H17N3O2/c1-15-13(17)5-7-16-10-11-3-2-4-12(9-11)18-8-6-14/h2-4,9,16H,5,7-8,10H2,1H3,(H,15,17). The van der Waals surface area contributed by atoms with Gasteiger partial charge in [0.05, 0.1) is 0 Å². The van der Waals surface area contributed by atoms with Crippen LogP contribution in [0.4, 0.5) is 0 Å². The van der Waals surface area contributed by atoms with Crippen molar-refractivity contribution >= 4 is 5.91 Å². The van der Waals surface area contributed by atoms with Gasteiger partial charge < -0.3 is 15.4 Å². The number of hydrogen-bond donors (Lipinski definition) is 2. The van der Waals surface area contributed by atoms with Crippen molar-refractivity contribution in [3.05, 3.63) is 29.8 Å². The van der Waals surface area contributed by atoms with Gasteiger partial charge in [-0.15, -0.1) is 0 Å². The lowest BCUT2D eigenvalue weighted by molar-refractivity contribution is -0.120. The normalized spacial score (nSPS) is 9.56. The highest BCUT2D eigenvalue weighted by Crippen LogP contribution is 2.12. The fraction of sp³-hybridized carbons (Fsp3) is 0.385. The number of carbonyl (C=O) groups excluding carboxylic acids is 1. The number of benzene rings is 1. The predicted molar refractivity (Wildman–Crippen MR) is 67.9 cm³/mol. The molecule has 1 rings (SSSR count). The molecule has 18 heavy (non-hydrogen) atoms. The number of nitrogens with zero attached hydrogens (tertiary/aromatic N) is 1. The lowest BCUT2D eigenvalue weighted by Crippen LogP contribution is -2.24. The topological polar surface area (TPSA) is 74.2 Å². The second kappa shape index (κ2) is 8.09. The van der Waals surface area contributed by atoms with E-state index in [1.54, 1.807) is 7.05 Å². The van der Waals surface area contributed by atoms with Crippen LogP contribution in [0.15, 0.2) is 24.3 Å². The van der Waals surface area contributed by atoms with Crippen molar-refractivity contribution in [1.82, 2.24) is 10.6 Å². The van der Waals surface area contributed by atoms with E-state index in [1.165, 1.54) is 0 Å². The van der Waals surface area contributed by atoms with Gasteiger partial charge in [-0.05, 0) is 17.7 Å². The van der Waals surface area contributed by atoms with Crippen LogP contribution in [-0.2, 0) is 11.3 Å². The highest BCUT2D eigenvalue weighted by molar-refractivity contribution is 5.75. The first-order valence-electron chi connectivity index (χ1n) is 5.76. The average molecular weight is 247 g/mol. The number of nitriles is 1. The molecule has 0 spiro atoms. The molecule has 0 radical (unpaired) electrons. The zero-order valence-corrected chi connectivity index (χ0v) is 10.4. The summed E-state index contributed by atoms with van der Waals surface area (Å²) in [6, 6.07) is 9.46. The Hall–Kier alpha value is -2.06. The zero-order valence-electron chi connectivity index (χ0n) is 10.4. The quantitative estimate of drug-likeness (QED) is 0.699. The summed E-state index contributed by atoms with van der Waals surface area (Å²) in [5.41, 5.74) is 1.06. The van der Waals surface area contributed by atoms with Crippen LogP contribution in [-0.4, -0.2) is 26.1 Å². The molecule has 5 nitrogen and oxygen atoms in total. The molecule has 0 aliphatic heterocycles. The largest absolute Gasteiger partial charge is 0.479 e. The first-order chi connectivity index (χ1) is 8.76. The van der Waals surface area contributed by atoms with E-state index < -0.39 is 0 Å². The number of ether oxygens (including phenoxy) is 1. The van der Waals surface area contributed by atoms with Gasteiger partial charge in [0.1, 0.15) is 11.8 Å². The summed E-state index contributed by atoms with van der Waals surface area (Å²) in [5, 5.41) is 14.2. The Labute approximate surface area is 107 Å². The number of carbonyl (C=O) groups is 1. The van der Waals surface area contributed by atoms with Gasteiger partial charge in [0.2, 0.25) is 5.91 Å². The van der Waals surface area contributed by atoms with Gasteiger partial charge in [0, 0.05) is 26.6 Å². The Balaban J connectivity index is 2.33. The molecular formula is C13H17N3O2. The number of amides is 1. The molecule has 0 unspecified atom stereocenters. The van der Waals surface area contributed by atoms with E-state index in [-0.39, 0.29) is 12.5 Å². The summed E-state index contributed by atoms with van der Waals surface area (Å²) < 4.78 is 5.20. The summed E-state index contributed by atoms with van der Waals surface area (Å²) in [4.78, 5) is 11.0. The van der Waals surface area contributed by atoms with E-state index >= 15 is 0 Å². The van der Waals surface area contributed by atoms with Crippen LogP contribution in [0.2, 0.25) is 0 Å². The van der Waals surface area contributed by atoms with Crippen molar-refractivity contribution in [2.24, 2.45) is 0 Å². The van der Waals surface area contributed by atoms with Crippen LogP contribution in [0.1, 0.15) is 12.0 Å². The van der Waals surface area contributed by atoms with Crippen molar-refractivity contribution in [3.63, 3.8) is 0 Å². The minimum atomic E-state index is 0.0219. The van der Waals surface area contributed by atoms with Crippen molar-refractivity contribution in [1.29, 1.82) is 5.26 Å². The number of hydrogen-bond acceptors (Lipinski definition) is 4. The van der Waals surface area contributed by atoms with Gasteiger partial charge in [-0.2, -0.15) is 5.26 Å². The minimum absolute atomic E-state index is 0.0219. The maximum Gasteiger partial charge on any atom is 0.221 e. The van der Waals surface area contributed by atoms with Crippen LogP contribution in [0.25, 0.3) is 0 Å². The molecule has 0 fully saturated rings. The molecule has 0 atom stereocenters. The van der Waals surface area contributed by atoms with Crippen molar-refractivity contribution in [2.45, 2.75) is 13.0 Å². The third kappa shape index (κ3) is 5.32. The molecule has 1 aromatic carbocycles. The lowest BCUT2D eigenvalue weighted by atomic mass is 10.2. The zero-order chi connectivity index (χ0) is 13.2. The first-order valence-corrected chi connectivity index (χ1v) is 5.76. The summed E-state index contributed by atoms with van der Waals surface area (Å²) in [6.45, 7) is 1.34. The fourth-order valence-electron chi connectivity index (χ4n) is 1.42. The van der Waals surface area contributed by atoms with Crippen LogP contribution < -0.4 is 15.4 Å². The Kier molecular flexibility index (Phi) is 6.30. The van der Waals surface area contributed by atoms with Gasteiger partial charge in [-0.3, -0.25) is 4.79 Å². The van der Waals surface area contributed by atoms with E-state index in [9.17, 15) is 4.79 Å². The van der Waals surface area contributed by atoms with Crippen molar-refractivity contribution < 1.29 is 9.53 Å². The van der Waals surface area contributed by atoms with E-state index in [0.29, 0.717) is 25.3 Å². The SMILES string of the molecule is CNC(=O)CCNCc1cccc(OCC#N)c1. The number of rotatable bonds is 7. The molecule has 2 N–H and O–H groups in total. The maximum absolute atomic E-state index is 11.0. The van der Waals surface area contributed by atoms with E-state index in [1.807, 2.05) is 30.3 Å². The monoisotopic (exact) mass is 247 g/mol. The lowest BCUT2D eigenvalue weighted by Gasteiger charge is -2.06. The molecule has 0 saturated carbocycles. The molecule has 5 heteroatoms. The second-order valence-electron chi connectivity index (χ2n) is 3.69. The molecule has 0 bridgehead atoms. The van der Waals surface area contributed by atoms with Gasteiger partial charge >= 0.3 is 0 Å². The average Bonchev–Trinajstić information content (AvgIpc) is 2.41. The summed E-state index contributed by atoms with van der Waals surface area (Å²) in [6.07, 6.45) is 0.459. The van der Waals surface area contributed by atoms with Crippen molar-refractivity contribution in [3.8, 4) is 11.8 Å². The Morgan fingerprint density at radius 1 is 1.50 bits per heavy atom. The van der Waals surface area contributed by atoms with E-state index in [0.717, 1.165) is 5.56 Å². The van der Waals surface area contributed by atoms with E-state index in [2.05, 4.69) is 10.6 Å². The molecule has 0 aliphatic carbocycles. The second-order valence-corrected chi connectivity index (χ2v) is 3.69. The molecule has 0 aromatic heterocycles. The molecule has 96 valence electrons. The first kappa shape index (κ1) is 14.0. The van der Waals surface area contributed by atoms with Crippen LogP contribution in [0, 0.1) is 11.3 Å². The summed E-state index contributed by atoms with van der Waals surface area (Å²) in [7, 11) is 1.62. The molecule has 0 aliphatic rings. The van der Waals surface area contributed by atoms with Crippen LogP contribution in [0.5, 0.6) is 5.75 Å². The highest BCUT2D eigenvalue weighted by atomic mass is 16.5. The third-order valence-electron chi connectivity index (χ3n) is 2.34. The Bertz CT molecular complexity index is 426. The molecule has 0 heterocycles. The Morgan fingerprint density at radius 2 is 2.33 bits per heavy atom. The van der Waals surface area contributed by atoms with Gasteiger partial charge in [-0.1, -0.05) is 12.1 Å². The minimum Gasteiger partial charge on any atom is -0.479 e. The molecule has 0 saturated heterocycles. The van der Waals surface area contributed by atoms with Gasteiger partial charge in [0.15, 0.2) is 6.61 Å². The van der Waals surface area contributed by atoms with Crippen LogP contribution in [0.3, 0.4) is 0 Å². The number of nitrogens with one attached hydrogen (secondary N) is 2.